The fourth-order valence-corrected chi connectivity index (χ4v) is 2.67. The molecule has 0 amide bonds. The van der Waals surface area contributed by atoms with Crippen molar-refractivity contribution in [2.45, 2.75) is 51.5 Å². The van der Waals surface area contributed by atoms with Crippen LogP contribution in [0.5, 0.6) is 0 Å². The maximum Gasteiger partial charge on any atom is 0.162 e. The van der Waals surface area contributed by atoms with E-state index in [0.29, 0.717) is 17.4 Å². The summed E-state index contributed by atoms with van der Waals surface area (Å²) in [6.07, 6.45) is 4.25. The van der Waals surface area contributed by atoms with Gasteiger partial charge in [-0.3, -0.25) is 0 Å². The lowest BCUT2D eigenvalue weighted by molar-refractivity contribution is 0.163. The molecule has 0 saturated heterocycles. The molecular weight excluding hydrogens is 232 g/mol. The molecule has 0 aliphatic heterocycles. The quantitative estimate of drug-likeness (QED) is 0.852. The molecule has 0 spiro atoms. The van der Waals surface area contributed by atoms with Gasteiger partial charge in [0.2, 0.25) is 0 Å². The number of benzene rings is 1. The number of hydrogen-bond donors (Lipinski definition) is 1. The van der Waals surface area contributed by atoms with Crippen LogP contribution in [0.2, 0.25) is 0 Å². The van der Waals surface area contributed by atoms with Crippen LogP contribution in [-0.2, 0) is 6.42 Å². The van der Waals surface area contributed by atoms with Gasteiger partial charge in [0.1, 0.15) is 0 Å². The molecule has 2 rings (SSSR count). The van der Waals surface area contributed by atoms with E-state index >= 15 is 0 Å². The fraction of sp³-hybridized carbons (Fsp3) is 0.600. The summed E-state index contributed by atoms with van der Waals surface area (Å²) in [6.45, 7) is 4.46. The third kappa shape index (κ3) is 2.89. The predicted molar refractivity (Wildman–Crippen MR) is 69.2 cm³/mol. The van der Waals surface area contributed by atoms with Gasteiger partial charge in [-0.25, -0.2) is 8.78 Å². The third-order valence-corrected chi connectivity index (χ3v) is 4.17. The first kappa shape index (κ1) is 13.5. The molecule has 1 aliphatic rings. The summed E-state index contributed by atoms with van der Waals surface area (Å²) in [5, 5.41) is 0. The molecule has 1 fully saturated rings. The van der Waals surface area contributed by atoms with E-state index < -0.39 is 11.6 Å². The Hall–Kier alpha value is -0.960. The highest BCUT2D eigenvalue weighted by atomic mass is 19.2. The average Bonchev–Trinajstić information content (AvgIpc) is 2.30. The van der Waals surface area contributed by atoms with Crippen LogP contribution >= 0.6 is 0 Å². The maximum atomic E-state index is 13.6. The van der Waals surface area contributed by atoms with Crippen molar-refractivity contribution in [2.75, 3.05) is 0 Å². The zero-order valence-corrected chi connectivity index (χ0v) is 11.1. The zero-order chi connectivity index (χ0) is 13.4. The largest absolute Gasteiger partial charge is 0.325 e. The minimum Gasteiger partial charge on any atom is -0.325 e. The normalized spacial score (nSPS) is 21.8. The van der Waals surface area contributed by atoms with Crippen LogP contribution in [0, 0.1) is 17.0 Å². The lowest BCUT2D eigenvalue weighted by atomic mass is 9.68. The Kier molecular flexibility index (Phi) is 3.45. The van der Waals surface area contributed by atoms with Crippen molar-refractivity contribution < 1.29 is 8.78 Å². The molecule has 1 nitrogen and oxygen atoms in total. The SMILES string of the molecule is CC1(C)CCC(N)(Cc2cccc(F)c2F)CC1. The molecule has 1 aromatic rings. The summed E-state index contributed by atoms with van der Waals surface area (Å²) in [5.41, 5.74) is 6.68. The molecule has 0 radical (unpaired) electrons. The second-order valence-corrected chi connectivity index (χ2v) is 6.42. The van der Waals surface area contributed by atoms with Gasteiger partial charge in [-0.1, -0.05) is 26.0 Å². The first-order valence-corrected chi connectivity index (χ1v) is 6.53. The van der Waals surface area contributed by atoms with Gasteiger partial charge >= 0.3 is 0 Å². The number of nitrogens with two attached hydrogens (primary N) is 1. The predicted octanol–water partition coefficient (Wildman–Crippen LogP) is 3.81. The van der Waals surface area contributed by atoms with Crippen LogP contribution in [0.1, 0.15) is 45.1 Å². The van der Waals surface area contributed by atoms with Crippen LogP contribution in [0.3, 0.4) is 0 Å². The van der Waals surface area contributed by atoms with Crippen LogP contribution in [0.25, 0.3) is 0 Å². The highest BCUT2D eigenvalue weighted by Gasteiger charge is 2.35. The number of rotatable bonds is 2. The minimum atomic E-state index is -0.785. The van der Waals surface area contributed by atoms with Crippen molar-refractivity contribution in [2.24, 2.45) is 11.1 Å². The average molecular weight is 253 g/mol. The molecule has 0 bridgehead atoms. The Morgan fingerprint density at radius 1 is 1.11 bits per heavy atom. The van der Waals surface area contributed by atoms with Crippen LogP contribution in [0.15, 0.2) is 18.2 Å². The van der Waals surface area contributed by atoms with Crippen molar-refractivity contribution in [1.29, 1.82) is 0 Å². The van der Waals surface area contributed by atoms with E-state index in [1.54, 1.807) is 12.1 Å². The Morgan fingerprint density at radius 3 is 2.33 bits per heavy atom. The molecule has 1 aliphatic carbocycles. The van der Waals surface area contributed by atoms with Crippen LogP contribution < -0.4 is 5.73 Å². The Labute approximate surface area is 107 Å². The smallest absolute Gasteiger partial charge is 0.162 e. The minimum absolute atomic E-state index is 0.323. The highest BCUT2D eigenvalue weighted by Crippen LogP contribution is 2.40. The molecule has 0 heterocycles. The Balaban J connectivity index is 2.12. The summed E-state index contributed by atoms with van der Waals surface area (Å²) in [6, 6.07) is 4.32. The lowest BCUT2D eigenvalue weighted by Crippen LogP contribution is -2.47. The van der Waals surface area contributed by atoms with Crippen LogP contribution in [-0.4, -0.2) is 5.54 Å². The van der Waals surface area contributed by atoms with E-state index in [1.165, 1.54) is 0 Å². The first-order chi connectivity index (χ1) is 8.31. The Bertz CT molecular complexity index is 430. The van der Waals surface area contributed by atoms with Crippen molar-refractivity contribution in [3.8, 4) is 0 Å². The monoisotopic (exact) mass is 253 g/mol. The Morgan fingerprint density at radius 2 is 1.72 bits per heavy atom. The van der Waals surface area contributed by atoms with E-state index in [2.05, 4.69) is 13.8 Å². The molecule has 0 aromatic heterocycles. The summed E-state index contributed by atoms with van der Waals surface area (Å²) >= 11 is 0. The zero-order valence-electron chi connectivity index (χ0n) is 11.1. The molecule has 3 heteroatoms. The van der Waals surface area contributed by atoms with E-state index in [0.717, 1.165) is 31.7 Å². The molecule has 1 aromatic carbocycles. The van der Waals surface area contributed by atoms with Gasteiger partial charge in [-0.05, 0) is 49.1 Å². The third-order valence-electron chi connectivity index (χ3n) is 4.17. The topological polar surface area (TPSA) is 26.0 Å². The molecule has 1 saturated carbocycles. The summed E-state index contributed by atoms with van der Waals surface area (Å²) in [7, 11) is 0. The summed E-state index contributed by atoms with van der Waals surface area (Å²) in [4.78, 5) is 0. The molecule has 0 unspecified atom stereocenters. The van der Waals surface area contributed by atoms with E-state index in [-0.39, 0.29) is 5.54 Å². The fourth-order valence-electron chi connectivity index (χ4n) is 2.67. The van der Waals surface area contributed by atoms with Gasteiger partial charge in [0.25, 0.3) is 0 Å². The van der Waals surface area contributed by atoms with Crippen molar-refractivity contribution in [3.63, 3.8) is 0 Å². The summed E-state index contributed by atoms with van der Waals surface area (Å²) < 4.78 is 26.8. The molecule has 0 atom stereocenters. The lowest BCUT2D eigenvalue weighted by Gasteiger charge is -2.41. The van der Waals surface area contributed by atoms with Crippen molar-refractivity contribution in [3.05, 3.63) is 35.4 Å². The van der Waals surface area contributed by atoms with Gasteiger partial charge in [0, 0.05) is 5.54 Å². The van der Waals surface area contributed by atoms with E-state index in [4.69, 9.17) is 5.73 Å². The molecule has 100 valence electrons. The van der Waals surface area contributed by atoms with Crippen LogP contribution in [0.4, 0.5) is 8.78 Å². The van der Waals surface area contributed by atoms with Gasteiger partial charge in [-0.2, -0.15) is 0 Å². The van der Waals surface area contributed by atoms with E-state index in [1.807, 2.05) is 0 Å². The van der Waals surface area contributed by atoms with Gasteiger partial charge in [0.05, 0.1) is 0 Å². The molecule has 2 N–H and O–H groups in total. The summed E-state index contributed by atoms with van der Waals surface area (Å²) in [5.74, 6) is -1.53. The van der Waals surface area contributed by atoms with Gasteiger partial charge in [0.15, 0.2) is 11.6 Å². The first-order valence-electron chi connectivity index (χ1n) is 6.53. The molecular formula is C15H21F2N. The second kappa shape index (κ2) is 4.61. The number of halogens is 2. The number of hydrogen-bond acceptors (Lipinski definition) is 1. The second-order valence-electron chi connectivity index (χ2n) is 6.42. The van der Waals surface area contributed by atoms with E-state index in [9.17, 15) is 8.78 Å². The maximum absolute atomic E-state index is 13.6. The van der Waals surface area contributed by atoms with Crippen molar-refractivity contribution in [1.82, 2.24) is 0 Å². The highest BCUT2D eigenvalue weighted by molar-refractivity contribution is 5.21. The van der Waals surface area contributed by atoms with Gasteiger partial charge in [-0.15, -0.1) is 0 Å². The molecule has 18 heavy (non-hydrogen) atoms. The van der Waals surface area contributed by atoms with Crippen molar-refractivity contribution >= 4 is 0 Å². The standard InChI is InChI=1S/C15H21F2N/c1-14(2)6-8-15(18,9-7-14)10-11-4-3-5-12(16)13(11)17/h3-5H,6-10,18H2,1-2H3. The van der Waals surface area contributed by atoms with Gasteiger partial charge < -0.3 is 5.73 Å².